The van der Waals surface area contributed by atoms with Crippen LogP contribution in [-0.4, -0.2) is 23.0 Å². The van der Waals surface area contributed by atoms with Crippen molar-refractivity contribution < 1.29 is 4.92 Å². The molecule has 1 aromatic heterocycles. The van der Waals surface area contributed by atoms with Crippen LogP contribution >= 0.6 is 0 Å². The highest BCUT2D eigenvalue weighted by Gasteiger charge is 2.23. The van der Waals surface area contributed by atoms with Crippen LogP contribution in [0.1, 0.15) is 19.8 Å². The van der Waals surface area contributed by atoms with Crippen LogP contribution in [0.2, 0.25) is 0 Å². The van der Waals surface area contributed by atoms with Crippen molar-refractivity contribution in [1.82, 2.24) is 4.98 Å². The van der Waals surface area contributed by atoms with Crippen LogP contribution in [0.4, 0.5) is 11.4 Å². The number of hydrogen-bond donors (Lipinski definition) is 0. The maximum Gasteiger partial charge on any atom is 0.310 e. The summed E-state index contributed by atoms with van der Waals surface area (Å²) in [7, 11) is 0. The van der Waals surface area contributed by atoms with Gasteiger partial charge in [-0.05, 0) is 24.8 Å². The average Bonchev–Trinajstić information content (AvgIpc) is 2.29. The zero-order chi connectivity index (χ0) is 11.5. The maximum atomic E-state index is 10.9. The van der Waals surface area contributed by atoms with Gasteiger partial charge in [-0.1, -0.05) is 6.92 Å². The third-order valence-corrected chi connectivity index (χ3v) is 2.97. The predicted octanol–water partition coefficient (Wildman–Crippen LogP) is 2.23. The third-order valence-electron chi connectivity index (χ3n) is 2.97. The molecule has 0 aromatic carbocycles. The highest BCUT2D eigenvalue weighted by Crippen LogP contribution is 2.30. The number of anilines is 1. The number of aromatic nitrogens is 1. The molecule has 0 N–H and O–H groups in total. The Labute approximate surface area is 94.2 Å². The Bertz CT molecular complexity index is 395. The van der Waals surface area contributed by atoms with E-state index < -0.39 is 0 Å². The predicted molar refractivity (Wildman–Crippen MR) is 61.5 cm³/mol. The molecule has 0 aliphatic carbocycles. The lowest BCUT2D eigenvalue weighted by atomic mass is 10.00. The lowest BCUT2D eigenvalue weighted by molar-refractivity contribution is -0.384. The zero-order valence-corrected chi connectivity index (χ0v) is 9.30. The van der Waals surface area contributed by atoms with Gasteiger partial charge in [-0.3, -0.25) is 15.1 Å². The van der Waals surface area contributed by atoms with Crippen molar-refractivity contribution in [2.24, 2.45) is 5.92 Å². The molecular weight excluding hydrogens is 206 g/mol. The summed E-state index contributed by atoms with van der Waals surface area (Å²) in [5.74, 6) is 0.599. The number of rotatable bonds is 2. The van der Waals surface area contributed by atoms with Gasteiger partial charge in [0.25, 0.3) is 0 Å². The number of nitro groups is 1. The van der Waals surface area contributed by atoms with Gasteiger partial charge >= 0.3 is 5.69 Å². The summed E-state index contributed by atoms with van der Waals surface area (Å²) in [6, 6.07) is 1.73. The molecule has 0 bridgehead atoms. The van der Waals surface area contributed by atoms with E-state index in [1.54, 1.807) is 12.3 Å². The second-order valence-electron chi connectivity index (χ2n) is 4.31. The number of piperidine rings is 1. The fourth-order valence-corrected chi connectivity index (χ4v) is 2.20. The largest absolute Gasteiger partial charge is 0.366 e. The van der Waals surface area contributed by atoms with E-state index in [2.05, 4.69) is 16.8 Å². The van der Waals surface area contributed by atoms with Crippen molar-refractivity contribution in [2.75, 3.05) is 18.0 Å². The monoisotopic (exact) mass is 221 g/mol. The van der Waals surface area contributed by atoms with E-state index in [0.29, 0.717) is 11.6 Å². The molecule has 5 nitrogen and oxygen atoms in total. The van der Waals surface area contributed by atoms with Crippen molar-refractivity contribution in [3.05, 3.63) is 28.6 Å². The van der Waals surface area contributed by atoms with Gasteiger partial charge in [0.15, 0.2) is 0 Å². The summed E-state index contributed by atoms with van der Waals surface area (Å²) >= 11 is 0. The second-order valence-corrected chi connectivity index (χ2v) is 4.31. The van der Waals surface area contributed by atoms with Crippen molar-refractivity contribution in [3.8, 4) is 0 Å². The third kappa shape index (κ3) is 2.13. The molecular formula is C11H15N3O2. The molecule has 1 fully saturated rings. The van der Waals surface area contributed by atoms with Crippen LogP contribution in [0, 0.1) is 16.0 Å². The first-order valence-corrected chi connectivity index (χ1v) is 5.52. The van der Waals surface area contributed by atoms with Crippen LogP contribution in [0.5, 0.6) is 0 Å². The minimum Gasteiger partial charge on any atom is -0.366 e. The van der Waals surface area contributed by atoms with E-state index in [4.69, 9.17) is 0 Å². The molecule has 1 aliphatic rings. The van der Waals surface area contributed by atoms with E-state index in [-0.39, 0.29) is 10.6 Å². The van der Waals surface area contributed by atoms with Crippen LogP contribution in [-0.2, 0) is 0 Å². The molecule has 1 aliphatic heterocycles. The van der Waals surface area contributed by atoms with Crippen LogP contribution in [0.3, 0.4) is 0 Å². The highest BCUT2D eigenvalue weighted by atomic mass is 16.6. The molecule has 0 spiro atoms. The van der Waals surface area contributed by atoms with E-state index in [1.165, 1.54) is 12.6 Å². The Kier molecular flexibility index (Phi) is 3.03. The average molecular weight is 221 g/mol. The first-order valence-electron chi connectivity index (χ1n) is 5.52. The standard InChI is InChI=1S/C11H15N3O2/c1-9-3-2-6-13(8-9)10-4-5-12-7-11(10)14(15)16/h4-5,7,9H,2-3,6,8H2,1H3. The van der Waals surface area contributed by atoms with Crippen molar-refractivity contribution >= 4 is 11.4 Å². The summed E-state index contributed by atoms with van der Waals surface area (Å²) in [6.45, 7) is 3.97. The first kappa shape index (κ1) is 10.9. The van der Waals surface area contributed by atoms with Gasteiger partial charge in [-0.15, -0.1) is 0 Å². The molecule has 1 saturated heterocycles. The molecule has 1 aromatic rings. The Morgan fingerprint density at radius 3 is 3.12 bits per heavy atom. The van der Waals surface area contributed by atoms with Gasteiger partial charge in [0.05, 0.1) is 4.92 Å². The van der Waals surface area contributed by atoms with Gasteiger partial charge in [-0.2, -0.15) is 0 Å². The number of hydrogen-bond acceptors (Lipinski definition) is 4. The molecule has 1 atom stereocenters. The van der Waals surface area contributed by atoms with Gasteiger partial charge in [0, 0.05) is 19.3 Å². The van der Waals surface area contributed by atoms with Crippen molar-refractivity contribution in [3.63, 3.8) is 0 Å². The molecule has 16 heavy (non-hydrogen) atoms. The molecule has 0 saturated carbocycles. The minimum absolute atomic E-state index is 0.108. The van der Waals surface area contributed by atoms with E-state index >= 15 is 0 Å². The lowest BCUT2D eigenvalue weighted by Gasteiger charge is -2.32. The van der Waals surface area contributed by atoms with Gasteiger partial charge in [-0.25, -0.2) is 0 Å². The lowest BCUT2D eigenvalue weighted by Crippen LogP contribution is -2.34. The fraction of sp³-hybridized carbons (Fsp3) is 0.545. The van der Waals surface area contributed by atoms with Crippen molar-refractivity contribution in [1.29, 1.82) is 0 Å². The van der Waals surface area contributed by atoms with Crippen molar-refractivity contribution in [2.45, 2.75) is 19.8 Å². The molecule has 1 unspecified atom stereocenters. The summed E-state index contributed by atoms with van der Waals surface area (Å²) in [4.78, 5) is 16.4. The van der Waals surface area contributed by atoms with Crippen LogP contribution in [0.25, 0.3) is 0 Å². The highest BCUT2D eigenvalue weighted by molar-refractivity contribution is 5.61. The minimum atomic E-state index is -0.360. The summed E-state index contributed by atoms with van der Waals surface area (Å²) < 4.78 is 0. The Morgan fingerprint density at radius 2 is 2.44 bits per heavy atom. The first-order chi connectivity index (χ1) is 7.68. The maximum absolute atomic E-state index is 10.9. The van der Waals surface area contributed by atoms with E-state index in [0.717, 1.165) is 19.5 Å². The quantitative estimate of drug-likeness (QED) is 0.567. The summed E-state index contributed by atoms with van der Waals surface area (Å²) in [6.07, 6.45) is 5.24. The molecule has 2 heterocycles. The zero-order valence-electron chi connectivity index (χ0n) is 9.30. The van der Waals surface area contributed by atoms with E-state index in [1.807, 2.05) is 0 Å². The Balaban J connectivity index is 2.28. The normalized spacial score (nSPS) is 20.8. The smallest absolute Gasteiger partial charge is 0.310 e. The van der Waals surface area contributed by atoms with Gasteiger partial charge in [0.2, 0.25) is 0 Å². The summed E-state index contributed by atoms with van der Waals surface area (Å²) in [5, 5.41) is 10.9. The SMILES string of the molecule is CC1CCCN(c2ccncc2[N+](=O)[O-])C1. The molecule has 2 rings (SSSR count). The fourth-order valence-electron chi connectivity index (χ4n) is 2.20. The molecule has 0 radical (unpaired) electrons. The van der Waals surface area contributed by atoms with E-state index in [9.17, 15) is 10.1 Å². The van der Waals surface area contributed by atoms with Crippen LogP contribution in [0.15, 0.2) is 18.5 Å². The van der Waals surface area contributed by atoms with Gasteiger partial charge in [0.1, 0.15) is 11.9 Å². The molecule has 0 amide bonds. The summed E-state index contributed by atoms with van der Waals surface area (Å²) in [5.41, 5.74) is 0.808. The molecule has 86 valence electrons. The number of nitrogens with zero attached hydrogens (tertiary/aromatic N) is 3. The Hall–Kier alpha value is -1.65. The topological polar surface area (TPSA) is 59.3 Å². The number of pyridine rings is 1. The van der Waals surface area contributed by atoms with Gasteiger partial charge < -0.3 is 4.90 Å². The molecule has 5 heteroatoms. The van der Waals surface area contributed by atoms with Crippen LogP contribution < -0.4 is 4.90 Å². The Morgan fingerprint density at radius 1 is 1.62 bits per heavy atom. The second kappa shape index (κ2) is 4.47.